The van der Waals surface area contributed by atoms with Crippen LogP contribution in [0.15, 0.2) is 29.1 Å². The number of aromatic nitrogens is 2. The molecule has 1 saturated heterocycles. The van der Waals surface area contributed by atoms with E-state index in [1.807, 2.05) is 27.7 Å². The van der Waals surface area contributed by atoms with E-state index < -0.39 is 29.4 Å². The molecule has 0 aliphatic carbocycles. The van der Waals surface area contributed by atoms with Gasteiger partial charge in [-0.25, -0.2) is 19.4 Å². The quantitative estimate of drug-likeness (QED) is 0.347. The van der Waals surface area contributed by atoms with E-state index in [9.17, 15) is 24.3 Å². The van der Waals surface area contributed by atoms with Crippen LogP contribution in [0, 0.1) is 0 Å². The SMILES string of the molecule is CCc1c2c(nc3ccc(OC(=O)N4CCN(C(=O)OC(C)(C)C)CC4)cc13)-c1cc3c(c(=O)n1C2)COC(=O)[C@@]3(O)CC. The van der Waals surface area contributed by atoms with Crippen LogP contribution in [0.25, 0.3) is 22.3 Å². The van der Waals surface area contributed by atoms with Crippen molar-refractivity contribution in [2.45, 2.75) is 71.8 Å². The molecular weight excluding hydrogens is 568 g/mol. The number of rotatable bonds is 3. The number of aliphatic hydroxyl groups is 1. The molecule has 1 fully saturated rings. The minimum absolute atomic E-state index is 0.0703. The zero-order valence-electron chi connectivity index (χ0n) is 25.6. The summed E-state index contributed by atoms with van der Waals surface area (Å²) in [5.41, 5.74) is 1.41. The van der Waals surface area contributed by atoms with Gasteiger partial charge >= 0.3 is 18.2 Å². The molecule has 2 amide bonds. The Bertz CT molecular complexity index is 1770. The number of nitrogens with zero attached hydrogens (tertiary/aromatic N) is 4. The third-order valence-electron chi connectivity index (χ3n) is 8.53. The van der Waals surface area contributed by atoms with Gasteiger partial charge in [0.15, 0.2) is 5.60 Å². The lowest BCUT2D eigenvalue weighted by Gasteiger charge is -2.35. The summed E-state index contributed by atoms with van der Waals surface area (Å²) in [4.78, 5) is 59.5. The second-order valence-corrected chi connectivity index (χ2v) is 12.4. The fourth-order valence-electron chi connectivity index (χ4n) is 6.17. The number of pyridine rings is 2. The maximum absolute atomic E-state index is 13.6. The van der Waals surface area contributed by atoms with Crippen molar-refractivity contribution in [3.05, 3.63) is 56.9 Å². The normalized spacial score (nSPS) is 19.3. The Balaban J connectivity index is 1.27. The maximum atomic E-state index is 13.6. The summed E-state index contributed by atoms with van der Waals surface area (Å²) in [6, 6.07) is 6.94. The number of piperazine rings is 1. The van der Waals surface area contributed by atoms with E-state index in [0.29, 0.717) is 55.3 Å². The van der Waals surface area contributed by atoms with E-state index in [0.717, 1.165) is 16.5 Å². The van der Waals surface area contributed by atoms with Crippen LogP contribution in [-0.2, 0) is 39.4 Å². The molecule has 0 spiro atoms. The van der Waals surface area contributed by atoms with Crippen LogP contribution in [0.1, 0.15) is 63.3 Å². The summed E-state index contributed by atoms with van der Waals surface area (Å²) in [6.45, 7) is 10.5. The molecule has 0 saturated carbocycles. The van der Waals surface area contributed by atoms with Gasteiger partial charge in [0, 0.05) is 42.7 Å². The minimum Gasteiger partial charge on any atom is -0.458 e. The molecule has 1 aromatic carbocycles. The molecule has 3 aromatic rings. The minimum atomic E-state index is -1.89. The lowest BCUT2D eigenvalue weighted by Crippen LogP contribution is -2.52. The van der Waals surface area contributed by atoms with Crippen LogP contribution >= 0.6 is 0 Å². The molecule has 0 radical (unpaired) electrons. The van der Waals surface area contributed by atoms with Gasteiger partial charge in [0.2, 0.25) is 0 Å². The fraction of sp³-hybridized carbons (Fsp3) is 0.469. The predicted molar refractivity (Wildman–Crippen MR) is 159 cm³/mol. The summed E-state index contributed by atoms with van der Waals surface area (Å²) in [5, 5.41) is 11.9. The first-order valence-electron chi connectivity index (χ1n) is 14.9. The maximum Gasteiger partial charge on any atom is 0.415 e. The van der Waals surface area contributed by atoms with Gasteiger partial charge in [0.25, 0.3) is 5.56 Å². The van der Waals surface area contributed by atoms with Crippen LogP contribution in [-0.4, -0.2) is 74.4 Å². The fourth-order valence-corrected chi connectivity index (χ4v) is 6.17. The number of carbonyl (C=O) groups is 3. The monoisotopic (exact) mass is 604 g/mol. The van der Waals surface area contributed by atoms with Crippen LogP contribution < -0.4 is 10.3 Å². The molecular formula is C32H36N4O8. The zero-order chi connectivity index (χ0) is 31.6. The smallest absolute Gasteiger partial charge is 0.415 e. The first kappa shape index (κ1) is 29.6. The van der Waals surface area contributed by atoms with Crippen LogP contribution in [0.5, 0.6) is 5.75 Å². The zero-order valence-corrected chi connectivity index (χ0v) is 25.6. The first-order chi connectivity index (χ1) is 20.8. The predicted octanol–water partition coefficient (Wildman–Crippen LogP) is 3.69. The Kier molecular flexibility index (Phi) is 7.15. The molecule has 44 heavy (non-hydrogen) atoms. The van der Waals surface area contributed by atoms with Gasteiger partial charge in [-0.2, -0.15) is 0 Å². The number of ether oxygens (including phenoxy) is 3. The Morgan fingerprint density at radius 1 is 1.02 bits per heavy atom. The first-order valence-corrected chi connectivity index (χ1v) is 14.9. The molecule has 6 rings (SSSR count). The number of aryl methyl sites for hydroxylation is 1. The van der Waals surface area contributed by atoms with Crippen LogP contribution in [0.3, 0.4) is 0 Å². The Hall–Kier alpha value is -4.45. The lowest BCUT2D eigenvalue weighted by molar-refractivity contribution is -0.172. The molecule has 1 atom stereocenters. The Morgan fingerprint density at radius 2 is 1.70 bits per heavy atom. The van der Waals surface area contributed by atoms with Crippen molar-refractivity contribution in [2.24, 2.45) is 0 Å². The molecule has 3 aliphatic heterocycles. The second kappa shape index (κ2) is 10.6. The van der Waals surface area contributed by atoms with Gasteiger partial charge in [-0.1, -0.05) is 13.8 Å². The van der Waals surface area contributed by atoms with Gasteiger partial charge < -0.3 is 33.7 Å². The summed E-state index contributed by atoms with van der Waals surface area (Å²) < 4.78 is 18.0. The van der Waals surface area contributed by atoms with E-state index in [-0.39, 0.29) is 36.3 Å². The van der Waals surface area contributed by atoms with Crippen molar-refractivity contribution in [2.75, 3.05) is 26.2 Å². The summed E-state index contributed by atoms with van der Waals surface area (Å²) in [6.07, 6.45) is -0.209. The highest BCUT2D eigenvalue weighted by Crippen LogP contribution is 2.40. The van der Waals surface area contributed by atoms with Crippen molar-refractivity contribution in [1.29, 1.82) is 0 Å². The highest BCUT2D eigenvalue weighted by atomic mass is 16.6. The molecule has 1 N–H and O–H groups in total. The van der Waals surface area contributed by atoms with Gasteiger partial charge in [0.05, 0.1) is 29.0 Å². The van der Waals surface area contributed by atoms with Crippen molar-refractivity contribution >= 4 is 29.1 Å². The molecule has 5 heterocycles. The topological polar surface area (TPSA) is 140 Å². The van der Waals surface area contributed by atoms with Gasteiger partial charge in [-0.3, -0.25) is 4.79 Å². The van der Waals surface area contributed by atoms with Crippen LogP contribution in [0.4, 0.5) is 9.59 Å². The largest absolute Gasteiger partial charge is 0.458 e. The summed E-state index contributed by atoms with van der Waals surface area (Å²) in [5.74, 6) is -0.400. The standard InChI is InChI=1S/C32H36N4O8/c1-6-19-20-14-18(43-29(39)34-10-12-35(13-11-34)30(40)44-31(3,4)5)8-9-24(20)33-26-21(19)16-36-25(26)15-23-22(27(36)37)17-42-28(38)32(23,41)7-2/h8-9,14-15,41H,6-7,10-13,16-17H2,1-5H3/t32-/m1/s1. The Morgan fingerprint density at radius 3 is 2.34 bits per heavy atom. The van der Waals surface area contributed by atoms with Crippen LogP contribution in [0.2, 0.25) is 0 Å². The highest BCUT2D eigenvalue weighted by Gasteiger charge is 2.45. The summed E-state index contributed by atoms with van der Waals surface area (Å²) in [7, 11) is 0. The molecule has 2 aromatic heterocycles. The molecule has 3 aliphatic rings. The van der Waals surface area contributed by atoms with E-state index in [4.69, 9.17) is 19.2 Å². The number of amides is 2. The van der Waals surface area contributed by atoms with Gasteiger partial charge in [0.1, 0.15) is 18.0 Å². The number of benzene rings is 1. The van der Waals surface area contributed by atoms with Crippen molar-refractivity contribution in [3.8, 4) is 17.1 Å². The number of esters is 1. The average Bonchev–Trinajstić information content (AvgIpc) is 3.35. The van der Waals surface area contributed by atoms with E-state index in [2.05, 4.69) is 0 Å². The third kappa shape index (κ3) is 4.86. The van der Waals surface area contributed by atoms with Crippen molar-refractivity contribution in [1.82, 2.24) is 19.4 Å². The van der Waals surface area contributed by atoms with Crippen molar-refractivity contribution in [3.63, 3.8) is 0 Å². The van der Waals surface area contributed by atoms with Gasteiger partial charge in [-0.05, 0) is 63.4 Å². The van der Waals surface area contributed by atoms with E-state index >= 15 is 0 Å². The number of hydrogen-bond acceptors (Lipinski definition) is 9. The highest BCUT2D eigenvalue weighted by molar-refractivity contribution is 5.90. The van der Waals surface area contributed by atoms with Gasteiger partial charge in [-0.15, -0.1) is 0 Å². The van der Waals surface area contributed by atoms with Crippen molar-refractivity contribution < 1.29 is 33.7 Å². The third-order valence-corrected chi connectivity index (χ3v) is 8.53. The molecule has 0 unspecified atom stereocenters. The number of carbonyl (C=O) groups excluding carboxylic acids is 3. The lowest BCUT2D eigenvalue weighted by atomic mass is 9.86. The molecule has 0 bridgehead atoms. The van der Waals surface area contributed by atoms with E-state index in [1.165, 1.54) is 0 Å². The summed E-state index contributed by atoms with van der Waals surface area (Å²) >= 11 is 0. The number of fused-ring (bicyclic) bond motifs is 5. The Labute approximate surface area is 254 Å². The number of hydrogen-bond donors (Lipinski definition) is 1. The second-order valence-electron chi connectivity index (χ2n) is 12.4. The molecule has 232 valence electrons. The molecule has 12 nitrogen and oxygen atoms in total. The average molecular weight is 605 g/mol. The molecule has 12 heteroatoms. The van der Waals surface area contributed by atoms with E-state index in [1.54, 1.807) is 45.6 Å². The number of cyclic esters (lactones) is 1.